The van der Waals surface area contributed by atoms with Crippen molar-refractivity contribution in [1.29, 1.82) is 0 Å². The van der Waals surface area contributed by atoms with Crippen molar-refractivity contribution in [2.24, 2.45) is 0 Å². The van der Waals surface area contributed by atoms with Gasteiger partial charge in [-0.1, -0.05) is 30.3 Å². The molecule has 0 fully saturated rings. The lowest BCUT2D eigenvalue weighted by atomic mass is 10.0. The third-order valence-electron chi connectivity index (χ3n) is 4.47. The molecule has 1 heterocycles. The molecule has 0 saturated carbocycles. The van der Waals surface area contributed by atoms with Gasteiger partial charge in [0.15, 0.2) is 9.84 Å². The van der Waals surface area contributed by atoms with E-state index in [-0.39, 0.29) is 17.1 Å². The maximum Gasteiger partial charge on any atom is 0.244 e. The van der Waals surface area contributed by atoms with Crippen LogP contribution in [0.25, 0.3) is 0 Å². The molecule has 0 aliphatic carbocycles. The number of sulfone groups is 1. The molecule has 2 aromatic carbocycles. The number of nitrogens with one attached hydrogen (secondary N) is 2. The second-order valence-electron chi connectivity index (χ2n) is 6.48. The minimum absolute atomic E-state index is 0.121. The minimum atomic E-state index is -4.24. The number of hydrogen-bond acceptors (Lipinski definition) is 5. The van der Waals surface area contributed by atoms with E-state index in [1.54, 1.807) is 18.2 Å². The fraction of sp³-hybridized carbons (Fsp3) is 0.278. The van der Waals surface area contributed by atoms with Crippen LogP contribution in [0.4, 0.5) is 4.39 Å². The van der Waals surface area contributed by atoms with Crippen LogP contribution in [-0.2, 0) is 24.7 Å². The fourth-order valence-corrected chi connectivity index (χ4v) is 5.95. The van der Waals surface area contributed by atoms with E-state index in [4.69, 9.17) is 0 Å². The third kappa shape index (κ3) is 4.08. The van der Waals surface area contributed by atoms with E-state index in [1.165, 1.54) is 25.1 Å². The highest BCUT2D eigenvalue weighted by molar-refractivity contribution is 7.91. The van der Waals surface area contributed by atoms with Crippen molar-refractivity contribution in [3.63, 3.8) is 0 Å². The molecular weight excluding hydrogens is 407 g/mol. The molecule has 0 spiro atoms. The van der Waals surface area contributed by atoms with Crippen LogP contribution in [0.5, 0.6) is 0 Å². The first kappa shape index (κ1) is 20.4. The molecule has 1 amide bonds. The summed E-state index contributed by atoms with van der Waals surface area (Å²) in [5, 5.41) is 2.68. The minimum Gasteiger partial charge on any atom is -0.348 e. The van der Waals surface area contributed by atoms with Gasteiger partial charge in [0.2, 0.25) is 15.9 Å². The summed E-state index contributed by atoms with van der Waals surface area (Å²) in [6.45, 7) is 1.33. The van der Waals surface area contributed by atoms with Crippen molar-refractivity contribution < 1.29 is 26.0 Å². The Morgan fingerprint density at radius 2 is 1.79 bits per heavy atom. The smallest absolute Gasteiger partial charge is 0.244 e. The van der Waals surface area contributed by atoms with Crippen molar-refractivity contribution in [2.45, 2.75) is 35.2 Å². The molecule has 28 heavy (non-hydrogen) atoms. The van der Waals surface area contributed by atoms with E-state index in [2.05, 4.69) is 10.0 Å². The first-order valence-corrected chi connectivity index (χ1v) is 11.6. The molecule has 1 aliphatic heterocycles. The van der Waals surface area contributed by atoms with Crippen LogP contribution in [-0.4, -0.2) is 34.5 Å². The van der Waals surface area contributed by atoms with Crippen LogP contribution in [0.3, 0.4) is 0 Å². The van der Waals surface area contributed by atoms with Crippen molar-refractivity contribution >= 4 is 25.8 Å². The molecule has 3 rings (SSSR count). The van der Waals surface area contributed by atoms with Gasteiger partial charge in [0.05, 0.1) is 22.7 Å². The predicted molar refractivity (Wildman–Crippen MR) is 100 cm³/mol. The van der Waals surface area contributed by atoms with Gasteiger partial charge in [-0.05, 0) is 37.1 Å². The van der Waals surface area contributed by atoms with Crippen LogP contribution in [0.1, 0.15) is 24.9 Å². The maximum atomic E-state index is 13.8. The molecule has 10 heteroatoms. The van der Waals surface area contributed by atoms with Gasteiger partial charge < -0.3 is 5.32 Å². The summed E-state index contributed by atoms with van der Waals surface area (Å²) in [7, 11) is -7.64. The number of amides is 1. The van der Waals surface area contributed by atoms with E-state index in [1.807, 2.05) is 0 Å². The first-order valence-electron chi connectivity index (χ1n) is 8.51. The van der Waals surface area contributed by atoms with Crippen molar-refractivity contribution in [1.82, 2.24) is 10.0 Å². The average molecular weight is 426 g/mol. The summed E-state index contributed by atoms with van der Waals surface area (Å²) in [6.07, 6.45) is 0.178. The second kappa shape index (κ2) is 7.61. The molecule has 0 bridgehead atoms. The highest BCUT2D eigenvalue weighted by Gasteiger charge is 2.32. The zero-order chi connectivity index (χ0) is 20.5. The predicted octanol–water partition coefficient (Wildman–Crippen LogP) is 1.53. The van der Waals surface area contributed by atoms with Crippen LogP contribution in [0, 0.1) is 5.82 Å². The normalized spacial score (nSPS) is 19.4. The monoisotopic (exact) mass is 426 g/mol. The van der Waals surface area contributed by atoms with Crippen LogP contribution < -0.4 is 10.0 Å². The number of benzene rings is 2. The maximum absolute atomic E-state index is 13.8. The lowest BCUT2D eigenvalue weighted by molar-refractivity contribution is -0.123. The third-order valence-corrected chi connectivity index (χ3v) is 7.86. The van der Waals surface area contributed by atoms with Crippen LogP contribution in [0.2, 0.25) is 0 Å². The van der Waals surface area contributed by atoms with E-state index in [9.17, 15) is 26.0 Å². The number of halogens is 1. The van der Waals surface area contributed by atoms with Crippen molar-refractivity contribution in [2.75, 3.05) is 5.75 Å². The fourth-order valence-electron chi connectivity index (χ4n) is 3.05. The largest absolute Gasteiger partial charge is 0.348 e. The molecule has 2 aromatic rings. The number of carbonyl (C=O) groups is 1. The highest BCUT2D eigenvalue weighted by Crippen LogP contribution is 2.31. The van der Waals surface area contributed by atoms with E-state index in [0.717, 1.165) is 12.1 Å². The van der Waals surface area contributed by atoms with Gasteiger partial charge in [-0.15, -0.1) is 0 Å². The summed E-state index contributed by atoms with van der Waals surface area (Å²) in [4.78, 5) is 12.1. The second-order valence-corrected chi connectivity index (χ2v) is 10.2. The van der Waals surface area contributed by atoms with E-state index < -0.39 is 48.6 Å². The Kier molecular flexibility index (Phi) is 5.55. The SMILES string of the molecule is C[C@H](NS(=O)(=O)c1ccccc1F)C(=O)NC1CCS(=O)(=O)c2ccccc21. The van der Waals surface area contributed by atoms with E-state index in [0.29, 0.717) is 5.56 Å². The number of sulfonamides is 1. The Bertz CT molecular complexity index is 1120. The van der Waals surface area contributed by atoms with Gasteiger partial charge >= 0.3 is 0 Å². The molecular formula is C18H19FN2O5S2. The summed E-state index contributed by atoms with van der Waals surface area (Å²) in [5.74, 6) is -1.68. The zero-order valence-electron chi connectivity index (χ0n) is 14.9. The summed E-state index contributed by atoms with van der Waals surface area (Å²) in [5.41, 5.74) is 0.464. The Hall–Kier alpha value is -2.30. The quantitative estimate of drug-likeness (QED) is 0.754. The Morgan fingerprint density at radius 1 is 1.14 bits per heavy atom. The van der Waals surface area contributed by atoms with Gasteiger partial charge in [0, 0.05) is 0 Å². The molecule has 2 N–H and O–H groups in total. The zero-order valence-corrected chi connectivity index (χ0v) is 16.6. The molecule has 150 valence electrons. The lowest BCUT2D eigenvalue weighted by Crippen LogP contribution is -2.46. The average Bonchev–Trinajstić information content (AvgIpc) is 2.64. The Balaban J connectivity index is 1.76. The molecule has 7 nitrogen and oxygen atoms in total. The Labute approximate surface area is 162 Å². The van der Waals surface area contributed by atoms with Crippen molar-refractivity contribution in [3.8, 4) is 0 Å². The summed E-state index contributed by atoms with van der Waals surface area (Å²) < 4.78 is 64.9. The van der Waals surface area contributed by atoms with Crippen molar-refractivity contribution in [3.05, 3.63) is 59.9 Å². The van der Waals surface area contributed by atoms with Gasteiger partial charge in [-0.2, -0.15) is 4.72 Å². The summed E-state index contributed by atoms with van der Waals surface area (Å²) in [6, 6.07) is 9.47. The molecule has 0 aromatic heterocycles. The Morgan fingerprint density at radius 3 is 2.50 bits per heavy atom. The molecule has 1 aliphatic rings. The van der Waals surface area contributed by atoms with Gasteiger partial charge in [0.25, 0.3) is 0 Å². The highest BCUT2D eigenvalue weighted by atomic mass is 32.2. The lowest BCUT2D eigenvalue weighted by Gasteiger charge is -2.27. The number of hydrogen-bond donors (Lipinski definition) is 2. The molecule has 2 atom stereocenters. The van der Waals surface area contributed by atoms with Gasteiger partial charge in [-0.3, -0.25) is 4.79 Å². The standard InChI is InChI=1S/C18H19FN2O5S2/c1-12(21-28(25,26)17-9-5-3-7-14(17)19)18(22)20-15-10-11-27(23,24)16-8-4-2-6-13(15)16/h2-9,12,15,21H,10-11H2,1H3,(H,20,22)/t12-,15?/m0/s1. The van der Waals surface area contributed by atoms with Gasteiger partial charge in [-0.25, -0.2) is 21.2 Å². The molecule has 1 unspecified atom stereocenters. The first-order chi connectivity index (χ1) is 13.1. The topological polar surface area (TPSA) is 109 Å². The molecule has 0 saturated heterocycles. The van der Waals surface area contributed by atoms with E-state index >= 15 is 0 Å². The number of rotatable bonds is 5. The molecule has 0 radical (unpaired) electrons. The number of carbonyl (C=O) groups excluding carboxylic acids is 1. The van der Waals surface area contributed by atoms with Crippen LogP contribution in [0.15, 0.2) is 58.3 Å². The van der Waals surface area contributed by atoms with Crippen LogP contribution >= 0.6 is 0 Å². The van der Waals surface area contributed by atoms with Gasteiger partial charge in [0.1, 0.15) is 10.7 Å². The number of fused-ring (bicyclic) bond motifs is 1. The summed E-state index contributed by atoms with van der Waals surface area (Å²) >= 11 is 0.